The van der Waals surface area contributed by atoms with Crippen LogP contribution >= 0.6 is 0 Å². The van der Waals surface area contributed by atoms with Crippen LogP contribution in [0.3, 0.4) is 0 Å². The van der Waals surface area contributed by atoms with Crippen molar-refractivity contribution in [2.45, 2.75) is 26.3 Å². The van der Waals surface area contributed by atoms with Crippen molar-refractivity contribution in [2.75, 3.05) is 26.2 Å². The number of hydrogen-bond acceptors (Lipinski definition) is 6. The first-order valence-electron chi connectivity index (χ1n) is 9.50. The standard InChI is InChI=1S/C20H28N4O6/c1-13(2)16(26)9-23-20(30)15(8-14-6-4-3-5-7-14)24-18(28)11-21-17(27)10-22-19(29)12-25/h3-7,13,15,25H,8-12H2,1-2H3,(H,21,27)(H,22,29)(H,23,30)(H,24,28)/t15-/m0/s1. The summed E-state index contributed by atoms with van der Waals surface area (Å²) < 4.78 is 0. The molecule has 0 aromatic heterocycles. The van der Waals surface area contributed by atoms with E-state index in [-0.39, 0.29) is 24.7 Å². The van der Waals surface area contributed by atoms with E-state index in [1.807, 2.05) is 6.07 Å². The number of aliphatic hydroxyl groups is 1. The molecule has 0 radical (unpaired) electrons. The normalized spacial score (nSPS) is 11.3. The summed E-state index contributed by atoms with van der Waals surface area (Å²) in [6, 6.07) is 8.09. The van der Waals surface area contributed by atoms with Crippen LogP contribution in [0.1, 0.15) is 19.4 Å². The quantitative estimate of drug-likeness (QED) is 0.271. The van der Waals surface area contributed by atoms with Gasteiger partial charge < -0.3 is 26.4 Å². The molecule has 0 saturated heterocycles. The van der Waals surface area contributed by atoms with E-state index in [0.29, 0.717) is 0 Å². The van der Waals surface area contributed by atoms with Gasteiger partial charge in [-0.25, -0.2) is 0 Å². The molecule has 0 aliphatic rings. The molecule has 10 nitrogen and oxygen atoms in total. The molecule has 1 rings (SSSR count). The summed E-state index contributed by atoms with van der Waals surface area (Å²) in [5.41, 5.74) is 0.809. The lowest BCUT2D eigenvalue weighted by molar-refractivity contribution is -0.131. The minimum absolute atomic E-state index is 0.134. The molecule has 0 aliphatic heterocycles. The van der Waals surface area contributed by atoms with Gasteiger partial charge in [0.1, 0.15) is 12.6 Å². The largest absolute Gasteiger partial charge is 0.387 e. The molecule has 0 unspecified atom stereocenters. The van der Waals surface area contributed by atoms with Crippen LogP contribution < -0.4 is 21.3 Å². The second kappa shape index (κ2) is 13.0. The Morgan fingerprint density at radius 3 is 2.03 bits per heavy atom. The van der Waals surface area contributed by atoms with Gasteiger partial charge in [-0.3, -0.25) is 24.0 Å². The van der Waals surface area contributed by atoms with Gasteiger partial charge in [0.05, 0.1) is 19.6 Å². The van der Waals surface area contributed by atoms with Crippen molar-refractivity contribution in [1.82, 2.24) is 21.3 Å². The molecule has 10 heteroatoms. The molecule has 0 saturated carbocycles. The summed E-state index contributed by atoms with van der Waals surface area (Å²) in [6.07, 6.45) is 0.203. The first-order chi connectivity index (χ1) is 14.2. The summed E-state index contributed by atoms with van der Waals surface area (Å²) in [5.74, 6) is -2.83. The fraction of sp³-hybridized carbons (Fsp3) is 0.450. The lowest BCUT2D eigenvalue weighted by Crippen LogP contribution is -2.52. The highest BCUT2D eigenvalue weighted by molar-refractivity contribution is 5.93. The third-order valence-electron chi connectivity index (χ3n) is 4.05. The number of hydrogen-bond donors (Lipinski definition) is 5. The topological polar surface area (TPSA) is 154 Å². The zero-order chi connectivity index (χ0) is 22.5. The van der Waals surface area contributed by atoms with E-state index in [1.165, 1.54) is 0 Å². The van der Waals surface area contributed by atoms with Crippen molar-refractivity contribution in [3.63, 3.8) is 0 Å². The van der Waals surface area contributed by atoms with Crippen LogP contribution in [-0.4, -0.2) is 66.8 Å². The Kier molecular flexibility index (Phi) is 10.8. The smallest absolute Gasteiger partial charge is 0.246 e. The molecule has 0 fully saturated rings. The average molecular weight is 420 g/mol. The molecular weight excluding hydrogens is 392 g/mol. The number of amides is 4. The summed E-state index contributed by atoms with van der Waals surface area (Å²) in [4.78, 5) is 59.0. The van der Waals surface area contributed by atoms with Crippen LogP contribution in [0.25, 0.3) is 0 Å². The molecule has 1 aromatic carbocycles. The predicted molar refractivity (Wildman–Crippen MR) is 108 cm³/mol. The van der Waals surface area contributed by atoms with Gasteiger partial charge in [-0.2, -0.15) is 0 Å². The molecule has 30 heavy (non-hydrogen) atoms. The van der Waals surface area contributed by atoms with E-state index < -0.39 is 49.4 Å². The van der Waals surface area contributed by atoms with E-state index in [9.17, 15) is 24.0 Å². The predicted octanol–water partition coefficient (Wildman–Crippen LogP) is -1.72. The number of carbonyl (C=O) groups excluding carboxylic acids is 5. The van der Waals surface area contributed by atoms with Crippen LogP contribution in [0.15, 0.2) is 30.3 Å². The van der Waals surface area contributed by atoms with Crippen LogP contribution in [-0.2, 0) is 30.4 Å². The summed E-state index contributed by atoms with van der Waals surface area (Å²) in [6.45, 7) is 1.77. The highest BCUT2D eigenvalue weighted by atomic mass is 16.3. The van der Waals surface area contributed by atoms with Gasteiger partial charge in [-0.15, -0.1) is 0 Å². The third-order valence-corrected chi connectivity index (χ3v) is 4.05. The summed E-state index contributed by atoms with van der Waals surface area (Å²) >= 11 is 0. The molecule has 0 bridgehead atoms. The maximum Gasteiger partial charge on any atom is 0.246 e. The summed E-state index contributed by atoms with van der Waals surface area (Å²) in [7, 11) is 0. The zero-order valence-corrected chi connectivity index (χ0v) is 17.1. The number of ketones is 1. The van der Waals surface area contributed by atoms with Gasteiger partial charge >= 0.3 is 0 Å². The van der Waals surface area contributed by atoms with Gasteiger partial charge in [0.2, 0.25) is 23.6 Å². The SMILES string of the molecule is CC(C)C(=O)CNC(=O)[C@H](Cc1ccccc1)NC(=O)CNC(=O)CNC(=O)CO. The molecule has 4 amide bonds. The van der Waals surface area contributed by atoms with Gasteiger partial charge in [0.25, 0.3) is 0 Å². The van der Waals surface area contributed by atoms with Gasteiger partial charge in [-0.05, 0) is 5.56 Å². The number of rotatable bonds is 12. The number of benzene rings is 1. The van der Waals surface area contributed by atoms with Crippen molar-refractivity contribution < 1.29 is 29.1 Å². The molecular formula is C20H28N4O6. The highest BCUT2D eigenvalue weighted by Crippen LogP contribution is 2.04. The number of nitrogens with one attached hydrogen (secondary N) is 4. The molecule has 0 spiro atoms. The average Bonchev–Trinajstić information content (AvgIpc) is 2.74. The maximum atomic E-state index is 12.5. The maximum absolute atomic E-state index is 12.5. The monoisotopic (exact) mass is 420 g/mol. The molecule has 164 valence electrons. The van der Waals surface area contributed by atoms with Gasteiger partial charge in [0, 0.05) is 12.3 Å². The Hall–Kier alpha value is -3.27. The number of aliphatic hydroxyl groups excluding tert-OH is 1. The Morgan fingerprint density at radius 1 is 0.833 bits per heavy atom. The first kappa shape index (κ1) is 24.8. The second-order valence-corrected chi connectivity index (χ2v) is 6.86. The Balaban J connectivity index is 2.64. The van der Waals surface area contributed by atoms with Crippen LogP contribution in [0.4, 0.5) is 0 Å². The molecule has 0 aliphatic carbocycles. The minimum atomic E-state index is -0.939. The van der Waals surface area contributed by atoms with Crippen LogP contribution in [0.5, 0.6) is 0 Å². The van der Waals surface area contributed by atoms with Crippen molar-refractivity contribution in [3.05, 3.63) is 35.9 Å². The first-order valence-corrected chi connectivity index (χ1v) is 9.50. The zero-order valence-electron chi connectivity index (χ0n) is 17.1. The second-order valence-electron chi connectivity index (χ2n) is 6.86. The van der Waals surface area contributed by atoms with Crippen LogP contribution in [0.2, 0.25) is 0 Å². The van der Waals surface area contributed by atoms with Crippen molar-refractivity contribution >= 4 is 29.4 Å². The molecule has 1 aromatic rings. The molecule has 0 heterocycles. The lowest BCUT2D eigenvalue weighted by atomic mass is 10.0. The molecule has 1 atom stereocenters. The van der Waals surface area contributed by atoms with E-state index in [1.54, 1.807) is 38.1 Å². The minimum Gasteiger partial charge on any atom is -0.387 e. The highest BCUT2D eigenvalue weighted by Gasteiger charge is 2.22. The van der Waals surface area contributed by atoms with Gasteiger partial charge in [-0.1, -0.05) is 44.2 Å². The van der Waals surface area contributed by atoms with E-state index in [4.69, 9.17) is 5.11 Å². The fourth-order valence-corrected chi connectivity index (χ4v) is 2.28. The number of Topliss-reactive ketones (excluding diaryl/α,β-unsaturated/α-hetero) is 1. The molecule has 5 N–H and O–H groups in total. The Morgan fingerprint density at radius 2 is 1.43 bits per heavy atom. The van der Waals surface area contributed by atoms with Crippen molar-refractivity contribution in [2.24, 2.45) is 5.92 Å². The van der Waals surface area contributed by atoms with E-state index in [0.717, 1.165) is 5.56 Å². The van der Waals surface area contributed by atoms with Crippen LogP contribution in [0, 0.1) is 5.92 Å². The Bertz CT molecular complexity index is 751. The van der Waals surface area contributed by atoms with E-state index >= 15 is 0 Å². The lowest BCUT2D eigenvalue weighted by Gasteiger charge is -2.19. The summed E-state index contributed by atoms with van der Waals surface area (Å²) in [5, 5.41) is 18.1. The number of carbonyl (C=O) groups is 5. The van der Waals surface area contributed by atoms with E-state index in [2.05, 4.69) is 21.3 Å². The van der Waals surface area contributed by atoms with Gasteiger partial charge in [0.15, 0.2) is 5.78 Å². The van der Waals surface area contributed by atoms with Crippen molar-refractivity contribution in [1.29, 1.82) is 0 Å². The van der Waals surface area contributed by atoms with Crippen molar-refractivity contribution in [3.8, 4) is 0 Å². The fourth-order valence-electron chi connectivity index (χ4n) is 2.28. The third kappa shape index (κ3) is 9.78. The Labute approximate surface area is 174 Å².